The van der Waals surface area contributed by atoms with Crippen molar-refractivity contribution in [1.82, 2.24) is 15.0 Å². The van der Waals surface area contributed by atoms with Crippen LogP contribution >= 0.6 is 0 Å². The molecular formula is C49H29N3O2. The van der Waals surface area contributed by atoms with Gasteiger partial charge in [0.2, 0.25) is 0 Å². The summed E-state index contributed by atoms with van der Waals surface area (Å²) in [5.74, 6) is 0.663. The molecule has 11 aromatic rings. The van der Waals surface area contributed by atoms with Gasteiger partial charge in [-0.1, -0.05) is 146 Å². The molecule has 54 heavy (non-hydrogen) atoms. The number of furan rings is 2. The molecule has 0 saturated carbocycles. The number of fused-ring (bicyclic) bond motifs is 8. The second-order valence-electron chi connectivity index (χ2n) is 13.5. The lowest BCUT2D eigenvalue weighted by Crippen LogP contribution is -1.96. The fourth-order valence-corrected chi connectivity index (χ4v) is 7.68. The Kier molecular flexibility index (Phi) is 6.79. The van der Waals surface area contributed by atoms with Crippen LogP contribution in [-0.2, 0) is 0 Å². The van der Waals surface area contributed by atoms with Crippen LogP contribution in [0.2, 0.25) is 0 Å². The van der Waals surface area contributed by atoms with Gasteiger partial charge in [0.05, 0.1) is 28.0 Å². The zero-order chi connectivity index (χ0) is 35.6. The standard InChI is InChI=1S/C49H29N3O2/c1-3-12-30(13-4-1)40-29-41(31-14-5-2-6-15-31)52-49(51-40)33-24-22-32(23-25-33)46-45-39-17-8-10-21-44(39)54-48(45)38-27-26-34(28-42(38)50-46)35-18-11-19-37-36-16-7-9-20-43(36)53-47(35)37/h1-29H. The lowest BCUT2D eigenvalue weighted by molar-refractivity contribution is 0.670. The third-order valence-electron chi connectivity index (χ3n) is 10.3. The molecule has 4 heterocycles. The second kappa shape index (κ2) is 12.1. The van der Waals surface area contributed by atoms with E-state index in [1.807, 2.05) is 72.8 Å². The minimum atomic E-state index is 0.663. The van der Waals surface area contributed by atoms with Crippen LogP contribution in [0.15, 0.2) is 185 Å². The van der Waals surface area contributed by atoms with E-state index in [1.165, 1.54) is 0 Å². The molecule has 11 rings (SSSR count). The zero-order valence-corrected chi connectivity index (χ0v) is 28.9. The van der Waals surface area contributed by atoms with Crippen LogP contribution in [0.25, 0.3) is 111 Å². The molecule has 0 fully saturated rings. The van der Waals surface area contributed by atoms with E-state index in [0.29, 0.717) is 5.82 Å². The number of nitrogens with zero attached hydrogens (tertiary/aromatic N) is 3. The molecule has 7 aromatic carbocycles. The largest absolute Gasteiger partial charge is 0.455 e. The quantitative estimate of drug-likeness (QED) is 0.180. The van der Waals surface area contributed by atoms with Crippen molar-refractivity contribution in [2.45, 2.75) is 0 Å². The maximum atomic E-state index is 6.61. The van der Waals surface area contributed by atoms with Gasteiger partial charge in [-0.15, -0.1) is 0 Å². The maximum absolute atomic E-state index is 6.61. The van der Waals surface area contributed by atoms with Crippen LogP contribution in [0.3, 0.4) is 0 Å². The zero-order valence-electron chi connectivity index (χ0n) is 28.9. The van der Waals surface area contributed by atoms with Crippen LogP contribution in [0.4, 0.5) is 0 Å². The Morgan fingerprint density at radius 2 is 0.926 bits per heavy atom. The number of aromatic nitrogens is 3. The van der Waals surface area contributed by atoms with Crippen LogP contribution in [0.5, 0.6) is 0 Å². The first-order valence-electron chi connectivity index (χ1n) is 18.0. The number of pyridine rings is 1. The molecule has 5 nitrogen and oxygen atoms in total. The van der Waals surface area contributed by atoms with Crippen molar-refractivity contribution >= 4 is 54.8 Å². The number of hydrogen-bond donors (Lipinski definition) is 0. The van der Waals surface area contributed by atoms with E-state index < -0.39 is 0 Å². The van der Waals surface area contributed by atoms with E-state index in [2.05, 4.69) is 103 Å². The summed E-state index contributed by atoms with van der Waals surface area (Å²) < 4.78 is 13.0. The fraction of sp³-hybridized carbons (Fsp3) is 0. The average molecular weight is 692 g/mol. The first kappa shape index (κ1) is 30.3. The predicted octanol–water partition coefficient (Wildman–Crippen LogP) is 13.2. The summed E-state index contributed by atoms with van der Waals surface area (Å²) in [4.78, 5) is 15.5. The Balaban J connectivity index is 1.07. The smallest absolute Gasteiger partial charge is 0.160 e. The Hall–Kier alpha value is -7.37. The third-order valence-corrected chi connectivity index (χ3v) is 10.3. The van der Waals surface area contributed by atoms with Gasteiger partial charge < -0.3 is 8.83 Å². The lowest BCUT2D eigenvalue weighted by Gasteiger charge is -2.11. The van der Waals surface area contributed by atoms with Crippen molar-refractivity contribution in [3.8, 4) is 56.3 Å². The Bertz CT molecular complexity index is 3140. The predicted molar refractivity (Wildman–Crippen MR) is 219 cm³/mol. The topological polar surface area (TPSA) is 65.0 Å². The minimum absolute atomic E-state index is 0.663. The summed E-state index contributed by atoms with van der Waals surface area (Å²) in [6.45, 7) is 0. The highest BCUT2D eigenvalue weighted by atomic mass is 16.3. The van der Waals surface area contributed by atoms with E-state index in [0.717, 1.165) is 105 Å². The molecule has 0 aliphatic heterocycles. The number of para-hydroxylation sites is 3. The molecule has 252 valence electrons. The van der Waals surface area contributed by atoms with Gasteiger partial charge in [-0.25, -0.2) is 15.0 Å². The molecule has 0 N–H and O–H groups in total. The van der Waals surface area contributed by atoms with Gasteiger partial charge in [-0.3, -0.25) is 0 Å². The van der Waals surface area contributed by atoms with Crippen molar-refractivity contribution in [2.75, 3.05) is 0 Å². The molecule has 0 aliphatic rings. The minimum Gasteiger partial charge on any atom is -0.455 e. The molecular weight excluding hydrogens is 663 g/mol. The summed E-state index contributed by atoms with van der Waals surface area (Å²) in [5, 5.41) is 5.19. The summed E-state index contributed by atoms with van der Waals surface area (Å²) in [7, 11) is 0. The van der Waals surface area contributed by atoms with Crippen molar-refractivity contribution in [3.63, 3.8) is 0 Å². The number of benzene rings is 7. The van der Waals surface area contributed by atoms with Gasteiger partial charge in [-0.2, -0.15) is 0 Å². The number of hydrogen-bond acceptors (Lipinski definition) is 5. The summed E-state index contributed by atoms with van der Waals surface area (Å²) in [5.41, 5.74) is 12.9. The van der Waals surface area contributed by atoms with Crippen LogP contribution in [0, 0.1) is 0 Å². The first-order chi connectivity index (χ1) is 26.7. The Morgan fingerprint density at radius 1 is 0.352 bits per heavy atom. The average Bonchev–Trinajstić information content (AvgIpc) is 3.83. The molecule has 0 bridgehead atoms. The van der Waals surface area contributed by atoms with Crippen molar-refractivity contribution in [3.05, 3.63) is 176 Å². The molecule has 0 radical (unpaired) electrons. The van der Waals surface area contributed by atoms with E-state index in [9.17, 15) is 0 Å². The molecule has 0 aliphatic carbocycles. The van der Waals surface area contributed by atoms with E-state index in [-0.39, 0.29) is 0 Å². The molecule has 4 aromatic heterocycles. The second-order valence-corrected chi connectivity index (χ2v) is 13.5. The monoisotopic (exact) mass is 691 g/mol. The first-order valence-corrected chi connectivity index (χ1v) is 18.0. The molecule has 0 saturated heterocycles. The van der Waals surface area contributed by atoms with Gasteiger partial charge >= 0.3 is 0 Å². The number of rotatable bonds is 5. The maximum Gasteiger partial charge on any atom is 0.160 e. The highest BCUT2D eigenvalue weighted by Gasteiger charge is 2.20. The van der Waals surface area contributed by atoms with Crippen molar-refractivity contribution < 1.29 is 8.83 Å². The fourth-order valence-electron chi connectivity index (χ4n) is 7.68. The van der Waals surface area contributed by atoms with Crippen LogP contribution < -0.4 is 0 Å². The highest BCUT2D eigenvalue weighted by molar-refractivity contribution is 6.19. The van der Waals surface area contributed by atoms with E-state index >= 15 is 0 Å². The van der Waals surface area contributed by atoms with Gasteiger partial charge in [0.1, 0.15) is 22.3 Å². The molecule has 0 unspecified atom stereocenters. The SMILES string of the molecule is c1ccc(-c2cc(-c3ccccc3)nc(-c3ccc(-c4nc5cc(-c6cccc7c6oc6ccccc67)ccc5c5oc6ccccc6c45)cc3)n2)cc1. The van der Waals surface area contributed by atoms with Crippen molar-refractivity contribution in [2.24, 2.45) is 0 Å². The van der Waals surface area contributed by atoms with Gasteiger partial charge in [0.25, 0.3) is 0 Å². The Morgan fingerprint density at radius 3 is 1.65 bits per heavy atom. The highest BCUT2D eigenvalue weighted by Crippen LogP contribution is 2.42. The lowest BCUT2D eigenvalue weighted by atomic mass is 9.98. The van der Waals surface area contributed by atoms with Gasteiger partial charge in [-0.05, 0) is 35.9 Å². The van der Waals surface area contributed by atoms with E-state index in [4.69, 9.17) is 23.8 Å². The van der Waals surface area contributed by atoms with Crippen LogP contribution in [0.1, 0.15) is 0 Å². The van der Waals surface area contributed by atoms with Gasteiger partial charge in [0.15, 0.2) is 5.82 Å². The van der Waals surface area contributed by atoms with E-state index in [1.54, 1.807) is 0 Å². The summed E-state index contributed by atoms with van der Waals surface area (Å²) >= 11 is 0. The molecule has 0 amide bonds. The summed E-state index contributed by atoms with van der Waals surface area (Å²) in [6.07, 6.45) is 0. The molecule has 0 spiro atoms. The van der Waals surface area contributed by atoms with Gasteiger partial charge in [0, 0.05) is 49.4 Å². The Labute approximate surface area is 309 Å². The normalized spacial score (nSPS) is 11.7. The van der Waals surface area contributed by atoms with Crippen LogP contribution in [-0.4, -0.2) is 15.0 Å². The third kappa shape index (κ3) is 4.90. The molecule has 5 heteroatoms. The molecule has 0 atom stereocenters. The van der Waals surface area contributed by atoms with Crippen molar-refractivity contribution in [1.29, 1.82) is 0 Å². The summed E-state index contributed by atoms with van der Waals surface area (Å²) in [6, 6.07) is 60.1.